The van der Waals surface area contributed by atoms with Crippen LogP contribution in [0, 0.1) is 0 Å². The maximum atomic E-state index is 11.5. The zero-order valence-electron chi connectivity index (χ0n) is 16.9. The maximum absolute atomic E-state index is 11.5. The Morgan fingerprint density at radius 3 is 2.44 bits per heavy atom. The Labute approximate surface area is 164 Å². The summed E-state index contributed by atoms with van der Waals surface area (Å²) in [5.41, 5.74) is 2.66. The van der Waals surface area contributed by atoms with Gasteiger partial charge >= 0.3 is 5.97 Å². The molecule has 1 N–H and O–H groups in total. The van der Waals surface area contributed by atoms with Gasteiger partial charge in [-0.2, -0.15) is 0 Å². The fourth-order valence-corrected chi connectivity index (χ4v) is 3.71. The van der Waals surface area contributed by atoms with Crippen LogP contribution in [-0.2, 0) is 4.79 Å². The molecule has 2 rings (SSSR count). The molecular weight excluding hydrogens is 336 g/mol. The monoisotopic (exact) mass is 372 g/mol. The Hall–Kier alpha value is -1.77. The van der Waals surface area contributed by atoms with Crippen LogP contribution in [0.1, 0.15) is 96.0 Å². The molecule has 1 unspecified atom stereocenters. The number of rotatable bonds is 11. The van der Waals surface area contributed by atoms with Gasteiger partial charge in [-0.3, -0.25) is 0 Å². The first-order valence-electron chi connectivity index (χ1n) is 10.9. The predicted molar refractivity (Wildman–Crippen MR) is 112 cm³/mol. The van der Waals surface area contributed by atoms with Crippen molar-refractivity contribution >= 4 is 11.5 Å². The summed E-state index contributed by atoms with van der Waals surface area (Å²) in [5.74, 6) is -0.209. The van der Waals surface area contributed by atoms with Gasteiger partial charge in [-0.1, -0.05) is 70.1 Å². The molecule has 0 aliphatic heterocycles. The summed E-state index contributed by atoms with van der Waals surface area (Å²) < 4.78 is 5.77. The molecule has 1 aromatic carbocycles. The first-order valence-corrected chi connectivity index (χ1v) is 10.9. The number of aliphatic carboxylic acids is 1. The summed E-state index contributed by atoms with van der Waals surface area (Å²) in [5, 5.41) is 9.46. The summed E-state index contributed by atoms with van der Waals surface area (Å²) >= 11 is 0. The van der Waals surface area contributed by atoms with E-state index in [1.54, 1.807) is 0 Å². The number of hydrogen-bond acceptors (Lipinski definition) is 2. The average Bonchev–Trinajstić information content (AvgIpc) is 2.64. The number of allylic oxidation sites excluding steroid dienone is 2. The zero-order chi connectivity index (χ0) is 19.3. The van der Waals surface area contributed by atoms with E-state index in [9.17, 15) is 9.90 Å². The smallest absolute Gasteiger partial charge is 0.344 e. The van der Waals surface area contributed by atoms with E-state index in [2.05, 4.69) is 25.1 Å². The summed E-state index contributed by atoms with van der Waals surface area (Å²) in [6.07, 6.45) is 16.6. The number of carboxylic acid groups (broad SMARTS) is 1. The highest BCUT2D eigenvalue weighted by Crippen LogP contribution is 2.27. The fraction of sp³-hybridized carbons (Fsp3) is 0.625. The van der Waals surface area contributed by atoms with Gasteiger partial charge in [0.25, 0.3) is 0 Å². The normalized spacial score (nSPS) is 18.0. The molecule has 27 heavy (non-hydrogen) atoms. The number of carbonyl (C=O) groups is 1. The molecular formula is C24H36O3. The van der Waals surface area contributed by atoms with E-state index in [4.69, 9.17) is 4.74 Å². The van der Waals surface area contributed by atoms with Crippen LogP contribution in [0.15, 0.2) is 30.3 Å². The molecule has 0 radical (unpaired) electrons. The van der Waals surface area contributed by atoms with Crippen molar-refractivity contribution in [1.82, 2.24) is 0 Å². The summed E-state index contributed by atoms with van der Waals surface area (Å²) in [6, 6.07) is 8.00. The Morgan fingerprint density at radius 1 is 1.00 bits per heavy atom. The molecule has 1 atom stereocenters. The van der Waals surface area contributed by atoms with E-state index in [1.807, 2.05) is 12.1 Å². The van der Waals surface area contributed by atoms with Gasteiger partial charge in [-0.15, -0.1) is 0 Å². The van der Waals surface area contributed by atoms with Crippen molar-refractivity contribution in [2.45, 2.75) is 96.5 Å². The van der Waals surface area contributed by atoms with Crippen molar-refractivity contribution in [3.8, 4) is 5.75 Å². The van der Waals surface area contributed by atoms with E-state index in [0.29, 0.717) is 12.2 Å². The third-order valence-corrected chi connectivity index (χ3v) is 5.39. The molecule has 0 saturated carbocycles. The molecule has 0 aromatic heterocycles. The number of unbranched alkanes of at least 4 members (excludes halogenated alkanes) is 5. The van der Waals surface area contributed by atoms with Crippen molar-refractivity contribution < 1.29 is 14.6 Å². The molecule has 0 amide bonds. The summed E-state index contributed by atoms with van der Waals surface area (Å²) in [7, 11) is 0. The van der Waals surface area contributed by atoms with Crippen molar-refractivity contribution in [3.63, 3.8) is 0 Å². The second-order valence-corrected chi connectivity index (χ2v) is 7.71. The molecule has 0 saturated heterocycles. The predicted octanol–water partition coefficient (Wildman–Crippen LogP) is 7.01. The standard InChI is InChI=1S/C24H36O3/c1-2-3-4-5-9-12-15-23(24(25)26)27-22-18-16-21(17-19-22)20-13-10-7-6-8-11-14-20/h13,16-19,23H,2-12,14-15H2,1H3,(H,25,26)/b20-13+. The lowest BCUT2D eigenvalue weighted by molar-refractivity contribution is -0.145. The molecule has 0 heterocycles. The lowest BCUT2D eigenvalue weighted by atomic mass is 9.95. The minimum absolute atomic E-state index is 0.578. The lowest BCUT2D eigenvalue weighted by Crippen LogP contribution is -2.26. The van der Waals surface area contributed by atoms with Gasteiger partial charge in [0.1, 0.15) is 5.75 Å². The number of benzene rings is 1. The van der Waals surface area contributed by atoms with Crippen molar-refractivity contribution in [2.75, 3.05) is 0 Å². The third kappa shape index (κ3) is 8.19. The van der Waals surface area contributed by atoms with Gasteiger partial charge in [0.15, 0.2) is 6.10 Å². The Morgan fingerprint density at radius 2 is 1.70 bits per heavy atom. The van der Waals surface area contributed by atoms with Crippen LogP contribution in [0.25, 0.3) is 5.57 Å². The highest BCUT2D eigenvalue weighted by Gasteiger charge is 2.19. The molecule has 3 heteroatoms. The minimum atomic E-state index is -0.865. The first-order chi connectivity index (χ1) is 13.2. The van der Waals surface area contributed by atoms with E-state index < -0.39 is 12.1 Å². The minimum Gasteiger partial charge on any atom is -0.479 e. The molecule has 0 bridgehead atoms. The topological polar surface area (TPSA) is 46.5 Å². The molecule has 1 aromatic rings. The van der Waals surface area contributed by atoms with Gasteiger partial charge in [0.05, 0.1) is 0 Å². The second kappa shape index (κ2) is 12.6. The second-order valence-electron chi connectivity index (χ2n) is 7.71. The maximum Gasteiger partial charge on any atom is 0.344 e. The quantitative estimate of drug-likeness (QED) is 0.425. The highest BCUT2D eigenvalue weighted by molar-refractivity contribution is 5.72. The first kappa shape index (κ1) is 21.5. The molecule has 0 fully saturated rings. The van der Waals surface area contributed by atoms with Crippen LogP contribution in [0.2, 0.25) is 0 Å². The number of hydrogen-bond donors (Lipinski definition) is 1. The van der Waals surface area contributed by atoms with Gasteiger partial charge in [-0.25, -0.2) is 4.79 Å². The lowest BCUT2D eigenvalue weighted by Gasteiger charge is -2.16. The Bertz CT molecular complexity index is 574. The summed E-state index contributed by atoms with van der Waals surface area (Å²) in [6.45, 7) is 2.20. The van der Waals surface area contributed by atoms with Crippen LogP contribution in [0.4, 0.5) is 0 Å². The molecule has 3 nitrogen and oxygen atoms in total. The van der Waals surface area contributed by atoms with E-state index in [-0.39, 0.29) is 0 Å². The van der Waals surface area contributed by atoms with Crippen LogP contribution in [0.3, 0.4) is 0 Å². The largest absolute Gasteiger partial charge is 0.479 e. The SMILES string of the molecule is CCCCCCCCC(Oc1ccc(/C2=C/CCCCCC2)cc1)C(=O)O. The van der Waals surface area contributed by atoms with E-state index >= 15 is 0 Å². The van der Waals surface area contributed by atoms with Crippen LogP contribution in [0.5, 0.6) is 5.75 Å². The highest BCUT2D eigenvalue weighted by atomic mass is 16.5. The Kier molecular flexibility index (Phi) is 10.0. The number of carboxylic acids is 1. The van der Waals surface area contributed by atoms with E-state index in [1.165, 1.54) is 62.5 Å². The van der Waals surface area contributed by atoms with Crippen LogP contribution < -0.4 is 4.74 Å². The van der Waals surface area contributed by atoms with Crippen LogP contribution >= 0.6 is 0 Å². The fourth-order valence-electron chi connectivity index (χ4n) is 3.71. The van der Waals surface area contributed by atoms with Crippen molar-refractivity contribution in [1.29, 1.82) is 0 Å². The molecule has 1 aliphatic carbocycles. The number of ether oxygens (including phenoxy) is 1. The van der Waals surface area contributed by atoms with Gasteiger partial charge < -0.3 is 9.84 Å². The Balaban J connectivity index is 1.85. The molecule has 150 valence electrons. The summed E-state index contributed by atoms with van der Waals surface area (Å²) in [4.78, 5) is 11.5. The average molecular weight is 373 g/mol. The third-order valence-electron chi connectivity index (χ3n) is 5.39. The zero-order valence-corrected chi connectivity index (χ0v) is 16.9. The van der Waals surface area contributed by atoms with E-state index in [0.717, 1.165) is 25.7 Å². The molecule has 1 aliphatic rings. The van der Waals surface area contributed by atoms with Crippen LogP contribution in [-0.4, -0.2) is 17.2 Å². The molecule has 0 spiro atoms. The van der Waals surface area contributed by atoms with Gasteiger partial charge in [0, 0.05) is 0 Å². The van der Waals surface area contributed by atoms with Gasteiger partial charge in [-0.05, 0) is 61.8 Å². The van der Waals surface area contributed by atoms with Crippen molar-refractivity contribution in [3.05, 3.63) is 35.9 Å². The van der Waals surface area contributed by atoms with Gasteiger partial charge in [0.2, 0.25) is 0 Å². The van der Waals surface area contributed by atoms with Crippen molar-refractivity contribution in [2.24, 2.45) is 0 Å².